The molecule has 0 spiro atoms. The van der Waals surface area contributed by atoms with Crippen LogP contribution in [-0.4, -0.2) is 40.9 Å². The number of ether oxygens (including phenoxy) is 3. The Morgan fingerprint density at radius 1 is 0.875 bits per heavy atom. The Morgan fingerprint density at radius 3 is 2.27 bits per heavy atom. The average molecular weight is 537 g/mol. The molecule has 40 heavy (non-hydrogen) atoms. The minimum Gasteiger partial charge on any atom is -0.507 e. The molecular formula is C32H28N2O6. The van der Waals surface area contributed by atoms with Gasteiger partial charge in [-0.3, -0.25) is 14.6 Å². The number of likely N-dealkylation sites (tertiary alicyclic amines) is 1. The molecule has 1 fully saturated rings. The second-order valence-corrected chi connectivity index (χ2v) is 9.20. The summed E-state index contributed by atoms with van der Waals surface area (Å²) in [5.41, 5.74) is 2.75. The van der Waals surface area contributed by atoms with Crippen LogP contribution < -0.4 is 14.2 Å². The highest BCUT2D eigenvalue weighted by atomic mass is 16.5. The van der Waals surface area contributed by atoms with Crippen LogP contribution in [0.5, 0.6) is 17.2 Å². The Labute approximate surface area is 232 Å². The number of pyridine rings is 1. The number of hydrogen-bond acceptors (Lipinski definition) is 7. The van der Waals surface area contributed by atoms with Gasteiger partial charge in [-0.05, 0) is 53.1 Å². The molecule has 0 aliphatic carbocycles. The summed E-state index contributed by atoms with van der Waals surface area (Å²) in [6, 6.07) is 24.6. The van der Waals surface area contributed by atoms with Gasteiger partial charge in [-0.2, -0.15) is 0 Å². The number of aromatic nitrogens is 1. The lowest BCUT2D eigenvalue weighted by molar-refractivity contribution is -0.140. The van der Waals surface area contributed by atoms with Crippen LogP contribution in [-0.2, 0) is 22.7 Å². The molecule has 3 aromatic carbocycles. The second-order valence-electron chi connectivity index (χ2n) is 9.20. The lowest BCUT2D eigenvalue weighted by Crippen LogP contribution is -2.29. The first-order valence-corrected chi connectivity index (χ1v) is 12.7. The summed E-state index contributed by atoms with van der Waals surface area (Å²) in [6.45, 7) is 0.539. The van der Waals surface area contributed by atoms with E-state index in [9.17, 15) is 14.7 Å². The fraction of sp³-hybridized carbons (Fsp3) is 0.156. The van der Waals surface area contributed by atoms with Crippen LogP contribution in [0.4, 0.5) is 0 Å². The number of hydrogen-bond donors (Lipinski definition) is 1. The normalized spacial score (nSPS) is 16.1. The molecule has 0 unspecified atom stereocenters. The standard InChI is InChI=1S/C32H28N2O6/c1-38-26-15-12-24(17-27(26)39-2)30(35)28-29(34(32(37)31(28)36)19-22-9-6-16-33-18-22)23-10-13-25(14-11-23)40-20-21-7-4-3-5-8-21/h3-18,29,35H,19-20H2,1-2H3/t29-/m1/s1. The van der Waals surface area contributed by atoms with Gasteiger partial charge in [0.15, 0.2) is 11.5 Å². The predicted octanol–water partition coefficient (Wildman–Crippen LogP) is 5.30. The summed E-state index contributed by atoms with van der Waals surface area (Å²) in [6.07, 6.45) is 3.28. The number of carbonyl (C=O) groups excluding carboxylic acids is 2. The summed E-state index contributed by atoms with van der Waals surface area (Å²) in [7, 11) is 2.99. The van der Waals surface area contributed by atoms with Gasteiger partial charge in [-0.25, -0.2) is 0 Å². The van der Waals surface area contributed by atoms with Crippen LogP contribution in [0.3, 0.4) is 0 Å². The van der Waals surface area contributed by atoms with Gasteiger partial charge in [-0.15, -0.1) is 0 Å². The molecule has 1 amide bonds. The van der Waals surface area contributed by atoms with E-state index in [1.165, 1.54) is 19.1 Å². The lowest BCUT2D eigenvalue weighted by atomic mass is 9.95. The first kappa shape index (κ1) is 26.5. The minimum absolute atomic E-state index is 0.0148. The van der Waals surface area contributed by atoms with E-state index in [0.717, 1.165) is 11.1 Å². The smallest absolute Gasteiger partial charge is 0.295 e. The van der Waals surface area contributed by atoms with Gasteiger partial charge in [-0.1, -0.05) is 48.5 Å². The van der Waals surface area contributed by atoms with Gasteiger partial charge >= 0.3 is 0 Å². The molecule has 8 nitrogen and oxygen atoms in total. The molecule has 1 N–H and O–H groups in total. The third kappa shape index (κ3) is 5.37. The summed E-state index contributed by atoms with van der Waals surface area (Å²) in [5, 5.41) is 11.4. The van der Waals surface area contributed by atoms with Crippen molar-refractivity contribution < 1.29 is 28.9 Å². The molecule has 1 aliphatic heterocycles. The second kappa shape index (κ2) is 11.7. The molecule has 8 heteroatoms. The van der Waals surface area contributed by atoms with Crippen molar-refractivity contribution in [3.8, 4) is 17.2 Å². The quantitative estimate of drug-likeness (QED) is 0.176. The highest BCUT2D eigenvalue weighted by Gasteiger charge is 2.46. The van der Waals surface area contributed by atoms with Crippen LogP contribution >= 0.6 is 0 Å². The number of rotatable bonds is 9. The van der Waals surface area contributed by atoms with Crippen LogP contribution in [0.2, 0.25) is 0 Å². The van der Waals surface area contributed by atoms with Crippen molar-refractivity contribution in [3.63, 3.8) is 0 Å². The van der Waals surface area contributed by atoms with E-state index in [1.54, 1.807) is 60.9 Å². The number of aliphatic hydroxyl groups excluding tert-OH is 1. The fourth-order valence-corrected chi connectivity index (χ4v) is 4.70. The average Bonchev–Trinajstić information content (AvgIpc) is 3.25. The zero-order valence-electron chi connectivity index (χ0n) is 22.1. The fourth-order valence-electron chi connectivity index (χ4n) is 4.70. The molecule has 1 aromatic heterocycles. The molecule has 0 radical (unpaired) electrons. The molecule has 0 saturated carbocycles. The maximum absolute atomic E-state index is 13.4. The van der Waals surface area contributed by atoms with Gasteiger partial charge in [0.05, 0.1) is 25.8 Å². The number of amides is 1. The summed E-state index contributed by atoms with van der Waals surface area (Å²) >= 11 is 0. The van der Waals surface area contributed by atoms with Crippen LogP contribution in [0.25, 0.3) is 5.76 Å². The number of methoxy groups -OCH3 is 2. The molecule has 1 aliphatic rings. The molecule has 202 valence electrons. The van der Waals surface area contributed by atoms with Gasteiger partial charge in [0.2, 0.25) is 0 Å². The largest absolute Gasteiger partial charge is 0.507 e. The van der Waals surface area contributed by atoms with Crippen molar-refractivity contribution in [2.45, 2.75) is 19.2 Å². The predicted molar refractivity (Wildman–Crippen MR) is 149 cm³/mol. The lowest BCUT2D eigenvalue weighted by Gasteiger charge is -2.25. The zero-order chi connectivity index (χ0) is 28.1. The summed E-state index contributed by atoms with van der Waals surface area (Å²) in [5.74, 6) is -0.295. The topological polar surface area (TPSA) is 98.2 Å². The highest BCUT2D eigenvalue weighted by Crippen LogP contribution is 2.41. The van der Waals surface area contributed by atoms with Crippen molar-refractivity contribution in [2.75, 3.05) is 14.2 Å². The number of nitrogens with zero attached hydrogens (tertiary/aromatic N) is 2. The van der Waals surface area contributed by atoms with Crippen molar-refractivity contribution in [2.24, 2.45) is 0 Å². The number of Topliss-reactive ketones (excluding diaryl/α,β-unsaturated/α-hetero) is 1. The molecule has 1 atom stereocenters. The SMILES string of the molecule is COc1ccc(C(O)=C2C(=O)C(=O)N(Cc3cccnc3)[C@@H]2c2ccc(OCc3ccccc3)cc2)cc1OC. The number of benzene rings is 3. The molecule has 4 aromatic rings. The Kier molecular flexibility index (Phi) is 7.77. The Bertz CT molecular complexity index is 1540. The van der Waals surface area contributed by atoms with Crippen molar-refractivity contribution >= 4 is 17.4 Å². The van der Waals surface area contributed by atoms with Gasteiger partial charge < -0.3 is 24.2 Å². The molecule has 5 rings (SSSR count). The summed E-state index contributed by atoms with van der Waals surface area (Å²) in [4.78, 5) is 32.3. The first-order chi connectivity index (χ1) is 19.5. The summed E-state index contributed by atoms with van der Waals surface area (Å²) < 4.78 is 16.6. The Hall–Kier alpha value is -5.11. The van der Waals surface area contributed by atoms with Gasteiger partial charge in [0.1, 0.15) is 18.1 Å². The Balaban J connectivity index is 1.53. The van der Waals surface area contributed by atoms with E-state index in [4.69, 9.17) is 14.2 Å². The third-order valence-electron chi connectivity index (χ3n) is 6.72. The molecular weight excluding hydrogens is 508 g/mol. The van der Waals surface area contributed by atoms with E-state index >= 15 is 0 Å². The van der Waals surface area contributed by atoms with Crippen LogP contribution in [0.1, 0.15) is 28.3 Å². The maximum atomic E-state index is 13.4. The third-order valence-corrected chi connectivity index (χ3v) is 6.72. The van der Waals surface area contributed by atoms with E-state index < -0.39 is 17.7 Å². The maximum Gasteiger partial charge on any atom is 0.295 e. The number of carbonyl (C=O) groups is 2. The van der Waals surface area contributed by atoms with Crippen LogP contribution in [0, 0.1) is 0 Å². The molecule has 2 heterocycles. The molecule has 1 saturated heterocycles. The molecule has 0 bridgehead atoms. The highest BCUT2D eigenvalue weighted by molar-refractivity contribution is 6.46. The number of aliphatic hydroxyl groups is 1. The first-order valence-electron chi connectivity index (χ1n) is 12.7. The minimum atomic E-state index is -0.837. The van der Waals surface area contributed by atoms with Crippen LogP contribution in [0.15, 0.2) is 103 Å². The van der Waals surface area contributed by atoms with Gasteiger partial charge in [0, 0.05) is 24.5 Å². The van der Waals surface area contributed by atoms with E-state index in [2.05, 4.69) is 4.98 Å². The van der Waals surface area contributed by atoms with Gasteiger partial charge in [0.25, 0.3) is 11.7 Å². The zero-order valence-corrected chi connectivity index (χ0v) is 22.1. The van der Waals surface area contributed by atoms with Crippen molar-refractivity contribution in [1.82, 2.24) is 9.88 Å². The van der Waals surface area contributed by atoms with E-state index in [0.29, 0.717) is 35.0 Å². The van der Waals surface area contributed by atoms with Crippen molar-refractivity contribution in [3.05, 3.63) is 125 Å². The van der Waals surface area contributed by atoms with Crippen molar-refractivity contribution in [1.29, 1.82) is 0 Å². The monoisotopic (exact) mass is 536 g/mol. The van der Waals surface area contributed by atoms with E-state index in [-0.39, 0.29) is 17.9 Å². The number of ketones is 1. The Morgan fingerprint density at radius 2 is 1.60 bits per heavy atom. The van der Waals surface area contributed by atoms with E-state index in [1.807, 2.05) is 36.4 Å².